The molecule has 4 heterocycles. The van der Waals surface area contributed by atoms with Crippen LogP contribution in [0, 0.1) is 5.92 Å². The highest BCUT2D eigenvalue weighted by molar-refractivity contribution is 5.92. The van der Waals surface area contributed by atoms with Crippen molar-refractivity contribution in [1.29, 1.82) is 0 Å². The molecule has 1 atom stereocenters. The van der Waals surface area contributed by atoms with E-state index in [9.17, 15) is 9.59 Å². The molecule has 23 heavy (non-hydrogen) atoms. The lowest BCUT2D eigenvalue weighted by atomic mass is 9.82. The first-order valence-corrected chi connectivity index (χ1v) is 8.36. The molecule has 7 heteroatoms. The standard InChI is InChI=1S/C16H22N4O3/c21-14-2-1-7-19(14)8-12-3-5-16(23-9-12)10-20(11-16)15(22)13-4-6-17-18-13/h4,6,12H,1-3,5,7-11H2,(H,17,18)/t12-/m1/s1. The van der Waals surface area contributed by atoms with Gasteiger partial charge in [0, 0.05) is 31.6 Å². The number of nitrogens with zero attached hydrogens (tertiary/aromatic N) is 3. The molecule has 0 unspecified atom stereocenters. The minimum Gasteiger partial charge on any atom is -0.371 e. The van der Waals surface area contributed by atoms with E-state index in [2.05, 4.69) is 10.2 Å². The fraction of sp³-hybridized carbons (Fsp3) is 0.688. The van der Waals surface area contributed by atoms with Gasteiger partial charge in [-0.2, -0.15) is 5.10 Å². The number of aromatic nitrogens is 2. The molecule has 3 saturated heterocycles. The van der Waals surface area contributed by atoms with Gasteiger partial charge in [-0.25, -0.2) is 0 Å². The first-order valence-electron chi connectivity index (χ1n) is 8.36. The van der Waals surface area contributed by atoms with Gasteiger partial charge in [0.1, 0.15) is 11.3 Å². The second kappa shape index (κ2) is 5.63. The van der Waals surface area contributed by atoms with Crippen LogP contribution in [0.5, 0.6) is 0 Å². The van der Waals surface area contributed by atoms with Crippen LogP contribution in [-0.4, -0.2) is 70.2 Å². The number of hydrogen-bond donors (Lipinski definition) is 1. The minimum atomic E-state index is -0.165. The van der Waals surface area contributed by atoms with Crippen molar-refractivity contribution in [2.45, 2.75) is 31.3 Å². The summed E-state index contributed by atoms with van der Waals surface area (Å²) in [6.45, 7) is 3.72. The van der Waals surface area contributed by atoms with Crippen LogP contribution in [0.3, 0.4) is 0 Å². The van der Waals surface area contributed by atoms with E-state index in [1.807, 2.05) is 4.90 Å². The SMILES string of the molecule is O=C1CCCN1C[C@H]1CCC2(CN(C(=O)c3ccn[nH]3)C2)OC1. The van der Waals surface area contributed by atoms with Crippen LogP contribution in [-0.2, 0) is 9.53 Å². The number of rotatable bonds is 3. The van der Waals surface area contributed by atoms with Gasteiger partial charge in [-0.1, -0.05) is 0 Å². The van der Waals surface area contributed by atoms with Crippen LogP contribution < -0.4 is 0 Å². The summed E-state index contributed by atoms with van der Waals surface area (Å²) >= 11 is 0. The Morgan fingerprint density at radius 3 is 2.96 bits per heavy atom. The molecule has 124 valence electrons. The largest absolute Gasteiger partial charge is 0.371 e. The fourth-order valence-corrected chi connectivity index (χ4v) is 3.86. The quantitative estimate of drug-likeness (QED) is 0.888. The lowest BCUT2D eigenvalue weighted by molar-refractivity contribution is -0.169. The highest BCUT2D eigenvalue weighted by Gasteiger charge is 2.49. The number of carbonyl (C=O) groups excluding carboxylic acids is 2. The summed E-state index contributed by atoms with van der Waals surface area (Å²) in [4.78, 5) is 27.7. The molecule has 1 aromatic rings. The molecule has 0 radical (unpaired) electrons. The van der Waals surface area contributed by atoms with Crippen LogP contribution >= 0.6 is 0 Å². The minimum absolute atomic E-state index is 0.0125. The second-order valence-corrected chi connectivity index (χ2v) is 6.97. The van der Waals surface area contributed by atoms with Crippen molar-refractivity contribution in [1.82, 2.24) is 20.0 Å². The molecule has 3 aliphatic heterocycles. The number of likely N-dealkylation sites (tertiary alicyclic amines) is 2. The number of nitrogens with one attached hydrogen (secondary N) is 1. The molecular formula is C16H22N4O3. The van der Waals surface area contributed by atoms with E-state index >= 15 is 0 Å². The average molecular weight is 318 g/mol. The molecule has 1 spiro atoms. The molecule has 2 amide bonds. The third-order valence-electron chi connectivity index (χ3n) is 5.26. The van der Waals surface area contributed by atoms with Crippen LogP contribution in [0.4, 0.5) is 0 Å². The molecule has 7 nitrogen and oxygen atoms in total. The Morgan fingerprint density at radius 2 is 2.35 bits per heavy atom. The van der Waals surface area contributed by atoms with Crippen LogP contribution in [0.15, 0.2) is 12.3 Å². The molecule has 1 N–H and O–H groups in total. The molecule has 3 fully saturated rings. The number of H-pyrrole nitrogens is 1. The van der Waals surface area contributed by atoms with Gasteiger partial charge in [0.25, 0.3) is 5.91 Å². The van der Waals surface area contributed by atoms with Crippen LogP contribution in [0.2, 0.25) is 0 Å². The summed E-state index contributed by atoms with van der Waals surface area (Å²) in [6.07, 6.45) is 5.30. The number of aromatic amines is 1. The van der Waals surface area contributed by atoms with E-state index in [0.717, 1.165) is 32.4 Å². The van der Waals surface area contributed by atoms with Crippen molar-refractivity contribution in [3.8, 4) is 0 Å². The van der Waals surface area contributed by atoms with E-state index in [1.165, 1.54) is 0 Å². The third kappa shape index (κ3) is 2.73. The monoisotopic (exact) mass is 318 g/mol. The van der Waals surface area contributed by atoms with Crippen molar-refractivity contribution in [2.75, 3.05) is 32.8 Å². The maximum absolute atomic E-state index is 12.2. The number of ether oxygens (including phenoxy) is 1. The number of carbonyl (C=O) groups is 2. The van der Waals surface area contributed by atoms with Gasteiger partial charge in [-0.15, -0.1) is 0 Å². The molecule has 0 bridgehead atoms. The van der Waals surface area contributed by atoms with Crippen molar-refractivity contribution in [3.05, 3.63) is 18.0 Å². The second-order valence-electron chi connectivity index (χ2n) is 6.97. The van der Waals surface area contributed by atoms with Gasteiger partial charge >= 0.3 is 0 Å². The lowest BCUT2D eigenvalue weighted by Crippen LogP contribution is -2.66. The summed E-state index contributed by atoms with van der Waals surface area (Å²) in [5, 5.41) is 6.53. The van der Waals surface area contributed by atoms with Gasteiger partial charge in [0.05, 0.1) is 19.7 Å². The molecular weight excluding hydrogens is 296 g/mol. The molecule has 3 aliphatic rings. The van der Waals surface area contributed by atoms with Crippen molar-refractivity contribution < 1.29 is 14.3 Å². The molecule has 0 aromatic carbocycles. The molecule has 4 rings (SSSR count). The van der Waals surface area contributed by atoms with Crippen LogP contribution in [0.1, 0.15) is 36.2 Å². The van der Waals surface area contributed by atoms with Gasteiger partial charge < -0.3 is 14.5 Å². The van der Waals surface area contributed by atoms with Gasteiger partial charge in [0.2, 0.25) is 5.91 Å². The number of hydrogen-bond acceptors (Lipinski definition) is 4. The summed E-state index contributed by atoms with van der Waals surface area (Å²) in [6, 6.07) is 1.69. The summed E-state index contributed by atoms with van der Waals surface area (Å²) in [7, 11) is 0. The van der Waals surface area contributed by atoms with Gasteiger partial charge in [0.15, 0.2) is 0 Å². The van der Waals surface area contributed by atoms with Crippen molar-refractivity contribution in [3.63, 3.8) is 0 Å². The molecule has 0 saturated carbocycles. The van der Waals surface area contributed by atoms with Gasteiger partial charge in [-0.3, -0.25) is 14.7 Å². The molecule has 0 aliphatic carbocycles. The Balaban J connectivity index is 1.26. The smallest absolute Gasteiger partial charge is 0.272 e. The van der Waals surface area contributed by atoms with E-state index in [-0.39, 0.29) is 17.4 Å². The average Bonchev–Trinajstić information content (AvgIpc) is 3.18. The maximum atomic E-state index is 12.2. The summed E-state index contributed by atoms with van der Waals surface area (Å²) < 4.78 is 6.10. The van der Waals surface area contributed by atoms with Gasteiger partial charge in [-0.05, 0) is 25.3 Å². The van der Waals surface area contributed by atoms with Crippen LogP contribution in [0.25, 0.3) is 0 Å². The summed E-state index contributed by atoms with van der Waals surface area (Å²) in [5.41, 5.74) is 0.363. The summed E-state index contributed by atoms with van der Waals surface area (Å²) in [5.74, 6) is 0.701. The van der Waals surface area contributed by atoms with E-state index < -0.39 is 0 Å². The molecule has 1 aromatic heterocycles. The zero-order valence-corrected chi connectivity index (χ0v) is 13.2. The van der Waals surface area contributed by atoms with Crippen molar-refractivity contribution >= 4 is 11.8 Å². The normalized spacial score (nSPS) is 26.6. The Bertz CT molecular complexity index is 584. The predicted octanol–water partition coefficient (Wildman–Crippen LogP) is 0.653. The van der Waals surface area contributed by atoms with Crippen molar-refractivity contribution in [2.24, 2.45) is 5.92 Å². The third-order valence-corrected chi connectivity index (χ3v) is 5.26. The zero-order valence-electron chi connectivity index (χ0n) is 13.2. The topological polar surface area (TPSA) is 78.5 Å². The Hall–Kier alpha value is -1.89. The first kappa shape index (κ1) is 14.7. The highest BCUT2D eigenvalue weighted by atomic mass is 16.5. The Kier molecular flexibility index (Phi) is 3.60. The van der Waals surface area contributed by atoms with E-state index in [4.69, 9.17) is 4.74 Å². The highest BCUT2D eigenvalue weighted by Crippen LogP contribution is 2.37. The van der Waals surface area contributed by atoms with E-state index in [0.29, 0.717) is 37.7 Å². The lowest BCUT2D eigenvalue weighted by Gasteiger charge is -2.52. The maximum Gasteiger partial charge on any atom is 0.272 e. The van der Waals surface area contributed by atoms with E-state index in [1.54, 1.807) is 17.2 Å². The zero-order chi connectivity index (χ0) is 15.9. The number of amides is 2. The fourth-order valence-electron chi connectivity index (χ4n) is 3.86. The Labute approximate surface area is 135 Å². The predicted molar refractivity (Wildman–Crippen MR) is 81.7 cm³/mol. The Morgan fingerprint density at radius 1 is 1.48 bits per heavy atom. The first-order chi connectivity index (χ1) is 11.2.